The maximum absolute atomic E-state index is 12.0. The monoisotopic (exact) mass is 536 g/mol. The second-order valence-electron chi connectivity index (χ2n) is 7.48. The van der Waals surface area contributed by atoms with Crippen molar-refractivity contribution in [2.75, 3.05) is 11.1 Å². The average molecular weight is 537 g/mol. The predicted octanol–water partition coefficient (Wildman–Crippen LogP) is 2.65. The summed E-state index contributed by atoms with van der Waals surface area (Å²) in [6, 6.07) is 9.28. The van der Waals surface area contributed by atoms with Crippen LogP contribution in [0, 0.1) is 0 Å². The van der Waals surface area contributed by atoms with Gasteiger partial charge in [0.05, 0.1) is 5.56 Å². The van der Waals surface area contributed by atoms with Crippen LogP contribution in [0.3, 0.4) is 0 Å². The molecule has 14 heteroatoms. The number of nitrogens with one attached hydrogen (secondary N) is 1. The highest BCUT2D eigenvalue weighted by atomic mass is 32.2. The Hall–Kier alpha value is -4.11. The quantitative estimate of drug-likeness (QED) is 0.125. The van der Waals surface area contributed by atoms with Crippen LogP contribution in [0.5, 0.6) is 11.5 Å². The lowest BCUT2D eigenvalue weighted by Crippen LogP contribution is -2.09. The zero-order valence-electron chi connectivity index (χ0n) is 18.2. The second kappa shape index (κ2) is 9.87. The summed E-state index contributed by atoms with van der Waals surface area (Å²) in [5.74, 6) is -2.38. The Bertz CT molecular complexity index is 1600. The van der Waals surface area contributed by atoms with Crippen LogP contribution in [-0.2, 0) is 26.8 Å². The van der Waals surface area contributed by atoms with E-state index in [0.29, 0.717) is 0 Å². The van der Waals surface area contributed by atoms with Crippen molar-refractivity contribution in [3.63, 3.8) is 0 Å². The number of rotatable bonds is 8. The third-order valence-corrected chi connectivity index (χ3v) is 6.78. The first-order valence-corrected chi connectivity index (χ1v) is 12.7. The molecule has 0 saturated carbocycles. The Labute approximate surface area is 205 Å². The van der Waals surface area contributed by atoms with E-state index in [2.05, 4.69) is 5.32 Å². The molecule has 0 aliphatic carbocycles. The number of hydrogen-bond donors (Lipinski definition) is 7. The van der Waals surface area contributed by atoms with E-state index in [-0.39, 0.29) is 40.2 Å². The van der Waals surface area contributed by atoms with Crippen LogP contribution in [-0.4, -0.2) is 47.2 Å². The summed E-state index contributed by atoms with van der Waals surface area (Å²) in [6.45, 7) is -0.281. The highest BCUT2D eigenvalue weighted by Crippen LogP contribution is 2.30. The first-order valence-electron chi connectivity index (χ1n) is 9.85. The molecule has 36 heavy (non-hydrogen) atoms. The van der Waals surface area contributed by atoms with Gasteiger partial charge in [-0.15, -0.1) is 0 Å². The molecule has 8 N–H and O–H groups in total. The summed E-state index contributed by atoms with van der Waals surface area (Å²) in [5.41, 5.74) is 5.24. The van der Waals surface area contributed by atoms with Gasteiger partial charge in [0.15, 0.2) is 0 Å². The molecule has 0 unspecified atom stereocenters. The molecule has 3 aromatic carbocycles. The van der Waals surface area contributed by atoms with Crippen molar-refractivity contribution in [3.05, 3.63) is 70.8 Å². The minimum atomic E-state index is -4.78. The van der Waals surface area contributed by atoms with Crippen molar-refractivity contribution in [1.82, 2.24) is 0 Å². The number of carboxylic acids is 1. The van der Waals surface area contributed by atoms with Crippen LogP contribution in [0.25, 0.3) is 12.2 Å². The first-order chi connectivity index (χ1) is 16.7. The zero-order chi connectivity index (χ0) is 26.8. The van der Waals surface area contributed by atoms with Crippen LogP contribution in [0.1, 0.15) is 27.0 Å². The standard InChI is InChI=1S/C22H20N2O10S2/c23-14-5-3-12(20(7-14)35(29,30)31)1-2-13-4-6-15(8-21(13)36(32,33)34)24-11-18-17(22(27)28)9-16(25)10-19(18)26/h1-10,24-26H,11,23H2,(H,27,28)(H,29,30,31)(H,32,33,34)/b2-1+. The molecule has 0 spiro atoms. The van der Waals surface area contributed by atoms with E-state index in [1.807, 2.05) is 0 Å². The lowest BCUT2D eigenvalue weighted by atomic mass is 10.1. The zero-order valence-corrected chi connectivity index (χ0v) is 19.8. The number of phenolic OH excluding ortho intramolecular Hbond substituents is 2. The van der Waals surface area contributed by atoms with Crippen LogP contribution in [0.4, 0.5) is 11.4 Å². The fourth-order valence-electron chi connectivity index (χ4n) is 3.31. The lowest BCUT2D eigenvalue weighted by molar-refractivity contribution is 0.0694. The van der Waals surface area contributed by atoms with Gasteiger partial charge in [0.2, 0.25) is 0 Å². The fraction of sp³-hybridized carbons (Fsp3) is 0.0455. The van der Waals surface area contributed by atoms with Gasteiger partial charge in [0.1, 0.15) is 21.3 Å². The van der Waals surface area contributed by atoms with Crippen molar-refractivity contribution in [1.29, 1.82) is 0 Å². The molecule has 0 heterocycles. The SMILES string of the molecule is Nc1ccc(/C=C/c2ccc(NCc3c(O)cc(O)cc3C(=O)O)cc2S(=O)(=O)O)c(S(=O)(=O)O)c1. The number of anilines is 2. The topological polar surface area (TPSA) is 225 Å². The number of aromatic carboxylic acids is 1. The molecule has 0 bridgehead atoms. The number of carbonyl (C=O) groups is 1. The van der Waals surface area contributed by atoms with Gasteiger partial charge in [-0.3, -0.25) is 9.11 Å². The highest BCUT2D eigenvalue weighted by Gasteiger charge is 2.19. The molecule has 0 radical (unpaired) electrons. The van der Waals surface area contributed by atoms with E-state index in [0.717, 1.165) is 24.3 Å². The number of carboxylic acid groups (broad SMARTS) is 1. The van der Waals surface area contributed by atoms with Crippen LogP contribution < -0.4 is 11.1 Å². The van der Waals surface area contributed by atoms with Gasteiger partial charge >= 0.3 is 5.97 Å². The minimum absolute atomic E-state index is 0.000746. The van der Waals surface area contributed by atoms with Gasteiger partial charge in [0.25, 0.3) is 20.2 Å². The molecule has 0 aliphatic heterocycles. The second-order valence-corrected chi connectivity index (χ2v) is 10.3. The average Bonchev–Trinajstić information content (AvgIpc) is 2.76. The van der Waals surface area contributed by atoms with Crippen LogP contribution >= 0.6 is 0 Å². The van der Waals surface area contributed by atoms with Gasteiger partial charge in [-0.05, 0) is 41.5 Å². The van der Waals surface area contributed by atoms with Crippen molar-refractivity contribution in [2.24, 2.45) is 0 Å². The number of aromatic hydroxyl groups is 2. The van der Waals surface area contributed by atoms with Gasteiger partial charge in [-0.1, -0.05) is 24.3 Å². The Morgan fingerprint density at radius 1 is 0.861 bits per heavy atom. The third kappa shape index (κ3) is 6.11. The summed E-state index contributed by atoms with van der Waals surface area (Å²) in [7, 11) is -9.42. The molecule has 190 valence electrons. The normalized spacial score (nSPS) is 12.1. The van der Waals surface area contributed by atoms with Crippen molar-refractivity contribution in [3.8, 4) is 11.5 Å². The number of nitrogens with two attached hydrogens (primary N) is 1. The maximum Gasteiger partial charge on any atom is 0.336 e. The van der Waals surface area contributed by atoms with Crippen molar-refractivity contribution < 1.29 is 46.1 Å². The van der Waals surface area contributed by atoms with E-state index >= 15 is 0 Å². The van der Waals surface area contributed by atoms with Crippen LogP contribution in [0.15, 0.2) is 58.3 Å². The molecule has 3 rings (SSSR count). The molecule has 0 atom stereocenters. The van der Waals surface area contributed by atoms with E-state index in [1.54, 1.807) is 0 Å². The number of phenols is 2. The molecule has 0 saturated heterocycles. The molecular weight excluding hydrogens is 516 g/mol. The summed E-state index contributed by atoms with van der Waals surface area (Å²) in [4.78, 5) is 10.4. The molecule has 0 amide bonds. The molecule has 0 fully saturated rings. The van der Waals surface area contributed by atoms with Crippen molar-refractivity contribution in [2.45, 2.75) is 16.3 Å². The first kappa shape index (κ1) is 26.5. The smallest absolute Gasteiger partial charge is 0.336 e. The number of nitrogen functional groups attached to an aromatic ring is 1. The fourth-order valence-corrected chi connectivity index (χ4v) is 4.73. The third-order valence-electron chi connectivity index (χ3n) is 4.96. The van der Waals surface area contributed by atoms with Crippen LogP contribution in [0.2, 0.25) is 0 Å². The van der Waals surface area contributed by atoms with Gasteiger partial charge in [0, 0.05) is 29.5 Å². The molecule has 3 aromatic rings. The van der Waals surface area contributed by atoms with E-state index in [9.17, 15) is 46.1 Å². The summed E-state index contributed by atoms with van der Waals surface area (Å²) in [6.07, 6.45) is 2.40. The molecule has 0 aliphatic rings. The minimum Gasteiger partial charge on any atom is -0.508 e. The van der Waals surface area contributed by atoms with E-state index in [4.69, 9.17) is 5.73 Å². The Morgan fingerprint density at radius 2 is 1.42 bits per heavy atom. The lowest BCUT2D eigenvalue weighted by Gasteiger charge is -2.13. The number of hydrogen-bond acceptors (Lipinski definition) is 9. The van der Waals surface area contributed by atoms with Crippen molar-refractivity contribution >= 4 is 49.7 Å². The Kier molecular flexibility index (Phi) is 7.26. The van der Waals surface area contributed by atoms with Gasteiger partial charge in [-0.25, -0.2) is 4.79 Å². The molecular formula is C22H20N2O10S2. The van der Waals surface area contributed by atoms with E-state index < -0.39 is 47.5 Å². The summed E-state index contributed by atoms with van der Waals surface area (Å²) < 4.78 is 66.4. The van der Waals surface area contributed by atoms with Gasteiger partial charge in [-0.2, -0.15) is 16.8 Å². The van der Waals surface area contributed by atoms with Gasteiger partial charge < -0.3 is 26.4 Å². The highest BCUT2D eigenvalue weighted by molar-refractivity contribution is 7.86. The largest absolute Gasteiger partial charge is 0.508 e. The maximum atomic E-state index is 12.0. The van der Waals surface area contributed by atoms with E-state index in [1.165, 1.54) is 36.4 Å². The predicted molar refractivity (Wildman–Crippen MR) is 130 cm³/mol. The Balaban J connectivity index is 1.98. The Morgan fingerprint density at radius 3 is 1.97 bits per heavy atom. The number of benzene rings is 3. The molecule has 0 aromatic heterocycles. The summed E-state index contributed by atoms with van der Waals surface area (Å²) >= 11 is 0. The molecule has 12 nitrogen and oxygen atoms in total. The summed E-state index contributed by atoms with van der Waals surface area (Å²) in [5, 5.41) is 31.6.